The van der Waals surface area contributed by atoms with Gasteiger partial charge in [0.1, 0.15) is 0 Å². The molecule has 6 saturated carbocycles. The Balaban J connectivity index is 1.25. The van der Waals surface area contributed by atoms with E-state index in [4.69, 9.17) is 9.47 Å². The lowest BCUT2D eigenvalue weighted by atomic mass is 9.65. The minimum absolute atomic E-state index is 0.00194. The van der Waals surface area contributed by atoms with Gasteiger partial charge in [-0.15, -0.1) is 0 Å². The predicted octanol–water partition coefficient (Wildman–Crippen LogP) is 13.7. The third-order valence-electron chi connectivity index (χ3n) is 17.0. The molecule has 0 saturated heterocycles. The zero-order valence-corrected chi connectivity index (χ0v) is 35.2. The van der Waals surface area contributed by atoms with E-state index in [-0.39, 0.29) is 5.60 Å². The van der Waals surface area contributed by atoms with Crippen molar-refractivity contribution in [2.75, 3.05) is 13.7 Å². The quantitative estimate of drug-likeness (QED) is 0.141. The summed E-state index contributed by atoms with van der Waals surface area (Å²) < 4.78 is 12.0. The van der Waals surface area contributed by atoms with Crippen LogP contribution in [0.4, 0.5) is 0 Å². The Morgan fingerprint density at radius 1 is 0.612 bits per heavy atom. The molecule has 11 unspecified atom stereocenters. The van der Waals surface area contributed by atoms with Gasteiger partial charge in [-0.25, -0.2) is 0 Å². The van der Waals surface area contributed by atoms with Crippen molar-refractivity contribution >= 4 is 8.07 Å². The van der Waals surface area contributed by atoms with Gasteiger partial charge in [0.15, 0.2) is 0 Å². The van der Waals surface area contributed by atoms with Crippen LogP contribution in [0.3, 0.4) is 0 Å². The molecule has 0 aliphatic heterocycles. The molecule has 0 spiro atoms. The van der Waals surface area contributed by atoms with E-state index >= 15 is 0 Å². The van der Waals surface area contributed by atoms with Crippen molar-refractivity contribution in [3.05, 3.63) is 0 Å². The SMILES string of the molecule is COC1CCC(C2CCCC3C2CC(C)C3[Si](C)(CCCCCCOC(C)(C)C)C2C(C(C)C)CC3C(C4CCCCC4)CCCC32)CC1. The van der Waals surface area contributed by atoms with Crippen LogP contribution in [0.1, 0.15) is 176 Å². The van der Waals surface area contributed by atoms with Crippen LogP contribution < -0.4 is 0 Å². The van der Waals surface area contributed by atoms with Gasteiger partial charge in [-0.1, -0.05) is 110 Å². The van der Waals surface area contributed by atoms with Gasteiger partial charge in [0.25, 0.3) is 0 Å². The van der Waals surface area contributed by atoms with E-state index in [2.05, 4.69) is 48.1 Å². The van der Waals surface area contributed by atoms with Crippen molar-refractivity contribution in [1.82, 2.24) is 0 Å². The molecule has 0 radical (unpaired) electrons. The Hall–Kier alpha value is 0.137. The van der Waals surface area contributed by atoms with Crippen molar-refractivity contribution in [1.29, 1.82) is 0 Å². The molecule has 6 aliphatic rings. The van der Waals surface area contributed by atoms with Crippen LogP contribution in [-0.2, 0) is 9.47 Å². The molecule has 6 rings (SSSR count). The lowest BCUT2D eigenvalue weighted by molar-refractivity contribution is -0.00471. The molecule has 2 nitrogen and oxygen atoms in total. The van der Waals surface area contributed by atoms with E-state index in [9.17, 15) is 0 Å². The first-order valence-corrected chi connectivity index (χ1v) is 25.5. The second kappa shape index (κ2) is 17.1. The van der Waals surface area contributed by atoms with Gasteiger partial charge in [0, 0.05) is 13.7 Å². The smallest absolute Gasteiger partial charge is 0.0598 e. The van der Waals surface area contributed by atoms with Crippen molar-refractivity contribution in [3.8, 4) is 0 Å². The highest BCUT2D eigenvalue weighted by atomic mass is 28.3. The average molecular weight is 697 g/mol. The third kappa shape index (κ3) is 8.76. The van der Waals surface area contributed by atoms with Gasteiger partial charge in [0.2, 0.25) is 0 Å². The normalized spacial score (nSPS) is 41.8. The van der Waals surface area contributed by atoms with Crippen LogP contribution in [0.15, 0.2) is 0 Å². The van der Waals surface area contributed by atoms with Crippen molar-refractivity contribution in [3.63, 3.8) is 0 Å². The first-order valence-electron chi connectivity index (χ1n) is 22.7. The summed E-state index contributed by atoms with van der Waals surface area (Å²) in [6.07, 6.45) is 31.9. The molecular weight excluding hydrogens is 613 g/mol. The molecule has 11 atom stereocenters. The first-order chi connectivity index (χ1) is 23.5. The summed E-state index contributed by atoms with van der Waals surface area (Å²) in [6.45, 7) is 18.8. The highest BCUT2D eigenvalue weighted by Gasteiger charge is 2.62. The van der Waals surface area contributed by atoms with Crippen LogP contribution in [0, 0.1) is 65.1 Å². The molecular formula is C46H84O2Si. The maximum atomic E-state index is 6.15. The lowest BCUT2D eigenvalue weighted by Crippen LogP contribution is -2.50. The molecule has 0 heterocycles. The predicted molar refractivity (Wildman–Crippen MR) is 213 cm³/mol. The van der Waals surface area contributed by atoms with E-state index in [0.717, 1.165) is 82.8 Å². The number of methoxy groups -OCH3 is 1. The first kappa shape index (κ1) is 38.8. The molecule has 0 N–H and O–H groups in total. The molecule has 0 bridgehead atoms. The van der Waals surface area contributed by atoms with Crippen LogP contribution in [0.25, 0.3) is 0 Å². The zero-order valence-electron chi connectivity index (χ0n) is 34.2. The summed E-state index contributed by atoms with van der Waals surface area (Å²) in [5.74, 6) is 11.2. The van der Waals surface area contributed by atoms with E-state index in [1.807, 2.05) is 7.11 Å². The van der Waals surface area contributed by atoms with E-state index in [1.165, 1.54) is 77.0 Å². The molecule has 6 fully saturated rings. The number of unbranched alkanes of at least 4 members (excludes halogenated alkanes) is 3. The number of hydrogen-bond donors (Lipinski definition) is 0. The fourth-order valence-electron chi connectivity index (χ4n) is 15.2. The van der Waals surface area contributed by atoms with Crippen LogP contribution in [-0.4, -0.2) is 33.5 Å². The Labute approximate surface area is 307 Å². The van der Waals surface area contributed by atoms with Gasteiger partial charge in [-0.05, 0) is 155 Å². The monoisotopic (exact) mass is 697 g/mol. The van der Waals surface area contributed by atoms with Gasteiger partial charge < -0.3 is 9.47 Å². The summed E-state index contributed by atoms with van der Waals surface area (Å²) in [5.41, 5.74) is 2.18. The fourth-order valence-corrected chi connectivity index (χ4v) is 23.1. The summed E-state index contributed by atoms with van der Waals surface area (Å²) in [4.78, 5) is 0. The highest BCUT2D eigenvalue weighted by Crippen LogP contribution is 2.69. The Morgan fingerprint density at radius 2 is 1.18 bits per heavy atom. The van der Waals surface area contributed by atoms with Crippen LogP contribution in [0.2, 0.25) is 23.7 Å². The molecule has 6 aliphatic carbocycles. The fraction of sp³-hybridized carbons (Fsp3) is 1.00. The molecule has 3 heteroatoms. The minimum Gasteiger partial charge on any atom is -0.381 e. The lowest BCUT2D eigenvalue weighted by Gasteiger charge is -2.52. The zero-order chi connectivity index (χ0) is 34.8. The Bertz CT molecular complexity index is 990. The minimum atomic E-state index is -1.61. The van der Waals surface area contributed by atoms with Crippen molar-refractivity contribution in [2.24, 2.45) is 65.1 Å². The maximum Gasteiger partial charge on any atom is 0.0598 e. The molecule has 49 heavy (non-hydrogen) atoms. The molecule has 0 amide bonds. The number of rotatable bonds is 13. The molecule has 0 aromatic rings. The summed E-state index contributed by atoms with van der Waals surface area (Å²) in [5, 5.41) is 0. The summed E-state index contributed by atoms with van der Waals surface area (Å²) in [6, 6.07) is 1.64. The van der Waals surface area contributed by atoms with Crippen LogP contribution >= 0.6 is 0 Å². The van der Waals surface area contributed by atoms with E-state index < -0.39 is 8.07 Å². The van der Waals surface area contributed by atoms with Gasteiger partial charge in [-0.3, -0.25) is 0 Å². The molecule has 284 valence electrons. The summed E-state index contributed by atoms with van der Waals surface area (Å²) in [7, 11) is 0.343. The van der Waals surface area contributed by atoms with Crippen LogP contribution in [0.5, 0.6) is 0 Å². The number of ether oxygens (including phenoxy) is 2. The molecule has 0 aromatic carbocycles. The average Bonchev–Trinajstić information content (AvgIpc) is 3.66. The largest absolute Gasteiger partial charge is 0.381 e. The molecule has 0 aromatic heterocycles. The Kier molecular flexibility index (Phi) is 13.5. The number of hydrogen-bond acceptors (Lipinski definition) is 2. The van der Waals surface area contributed by atoms with E-state index in [0.29, 0.717) is 6.10 Å². The second-order valence-corrected chi connectivity index (χ2v) is 25.9. The standard InChI is InChI=1S/C46H84O2Si/c1-32(2)41-31-43-37(34-18-12-11-13-19-34)20-17-23-40(43)45(41)49(8,29-15-10-9-14-28-48-46(4,5)6)44-33(3)30-42-38(21-16-22-39(42)44)35-24-26-36(47-7)27-25-35/h32-45H,9-31H2,1-8H3. The van der Waals surface area contributed by atoms with Gasteiger partial charge >= 0.3 is 0 Å². The Morgan fingerprint density at radius 3 is 1.80 bits per heavy atom. The topological polar surface area (TPSA) is 18.5 Å². The number of fused-ring (bicyclic) bond motifs is 2. The van der Waals surface area contributed by atoms with Gasteiger partial charge in [0.05, 0.1) is 19.8 Å². The maximum absolute atomic E-state index is 6.15. The second-order valence-electron chi connectivity index (χ2n) is 21.1. The van der Waals surface area contributed by atoms with Gasteiger partial charge in [-0.2, -0.15) is 0 Å². The third-order valence-corrected chi connectivity index (χ3v) is 23.3. The summed E-state index contributed by atoms with van der Waals surface area (Å²) >= 11 is 0. The van der Waals surface area contributed by atoms with Crippen molar-refractivity contribution in [2.45, 2.75) is 212 Å². The van der Waals surface area contributed by atoms with Crippen molar-refractivity contribution < 1.29 is 9.47 Å². The van der Waals surface area contributed by atoms with E-state index in [1.54, 1.807) is 63.8 Å². The highest BCUT2D eigenvalue weighted by molar-refractivity contribution is 6.81.